The highest BCUT2D eigenvalue weighted by atomic mass is 32.2. The zero-order valence-electron chi connectivity index (χ0n) is 10.1. The topological polar surface area (TPSA) is 63.2 Å². The van der Waals surface area contributed by atoms with Crippen LogP contribution < -0.4 is 0 Å². The summed E-state index contributed by atoms with van der Waals surface area (Å²) in [7, 11) is -3.41. The van der Waals surface area contributed by atoms with Crippen molar-refractivity contribution in [3.8, 4) is 0 Å². The Bertz CT molecular complexity index is 641. The second-order valence-corrected chi connectivity index (χ2v) is 7.40. The highest BCUT2D eigenvalue weighted by Gasteiger charge is 2.37. The Balaban J connectivity index is 1.97. The molecule has 7 heteroatoms. The largest absolute Gasteiger partial charge is 0.261 e. The average Bonchev–Trinajstić information content (AvgIpc) is 3.11. The lowest BCUT2D eigenvalue weighted by Gasteiger charge is -2.22. The molecule has 19 heavy (non-hydrogen) atoms. The predicted molar refractivity (Wildman–Crippen MR) is 72.2 cm³/mol. The Morgan fingerprint density at radius 3 is 2.95 bits per heavy atom. The lowest BCUT2D eigenvalue weighted by atomic mass is 10.2. The lowest BCUT2D eigenvalue weighted by molar-refractivity contribution is 0.391. The number of hydrogen-bond donors (Lipinski definition) is 0. The van der Waals surface area contributed by atoms with E-state index in [0.29, 0.717) is 10.8 Å². The molecule has 2 aromatic heterocycles. The van der Waals surface area contributed by atoms with Crippen LogP contribution in [0.25, 0.3) is 0 Å². The smallest absolute Gasteiger partial charge is 0.253 e. The van der Waals surface area contributed by atoms with Gasteiger partial charge >= 0.3 is 0 Å². The van der Waals surface area contributed by atoms with Crippen molar-refractivity contribution in [2.24, 2.45) is 0 Å². The van der Waals surface area contributed by atoms with Gasteiger partial charge in [0.2, 0.25) is 0 Å². The molecule has 100 valence electrons. The minimum Gasteiger partial charge on any atom is -0.261 e. The van der Waals surface area contributed by atoms with Crippen LogP contribution in [0.3, 0.4) is 0 Å². The van der Waals surface area contributed by atoms with Crippen LogP contribution in [0.1, 0.15) is 24.6 Å². The third-order valence-electron chi connectivity index (χ3n) is 3.19. The summed E-state index contributed by atoms with van der Waals surface area (Å²) in [5.74, 6) is 0. The molecule has 0 spiro atoms. The predicted octanol–water partition coefficient (Wildman–Crippen LogP) is 2.06. The number of aromatic nitrogens is 2. The van der Waals surface area contributed by atoms with E-state index in [1.165, 1.54) is 11.3 Å². The Morgan fingerprint density at radius 2 is 2.26 bits per heavy atom. The summed E-state index contributed by atoms with van der Waals surface area (Å²) in [5, 5.41) is 1.78. The monoisotopic (exact) mass is 295 g/mol. The first-order chi connectivity index (χ1) is 9.19. The summed E-state index contributed by atoms with van der Waals surface area (Å²) in [5.41, 5.74) is 0.722. The molecule has 1 fully saturated rings. The molecule has 1 aliphatic rings. The molecular weight excluding hydrogens is 282 g/mol. The van der Waals surface area contributed by atoms with E-state index >= 15 is 0 Å². The van der Waals surface area contributed by atoms with Crippen LogP contribution >= 0.6 is 11.3 Å². The molecule has 3 rings (SSSR count). The molecule has 0 aliphatic carbocycles. The Labute approximate surface area is 116 Å². The van der Waals surface area contributed by atoms with Gasteiger partial charge in [0.05, 0.1) is 17.9 Å². The SMILES string of the molecule is O=S(=O)(c1cccs1)N1CCC[C@H]1c1cnccn1. The van der Waals surface area contributed by atoms with Crippen molar-refractivity contribution < 1.29 is 8.42 Å². The third-order valence-corrected chi connectivity index (χ3v) is 6.47. The van der Waals surface area contributed by atoms with Crippen LogP contribution in [0.2, 0.25) is 0 Å². The van der Waals surface area contributed by atoms with E-state index in [-0.39, 0.29) is 6.04 Å². The molecule has 0 unspecified atom stereocenters. The highest BCUT2D eigenvalue weighted by Crippen LogP contribution is 2.36. The van der Waals surface area contributed by atoms with Crippen molar-refractivity contribution >= 4 is 21.4 Å². The van der Waals surface area contributed by atoms with Crippen LogP contribution in [-0.2, 0) is 10.0 Å². The Kier molecular flexibility index (Phi) is 3.34. The van der Waals surface area contributed by atoms with Crippen LogP contribution in [0, 0.1) is 0 Å². The maximum atomic E-state index is 12.6. The second kappa shape index (κ2) is 4.99. The van der Waals surface area contributed by atoms with Crippen LogP contribution in [-0.4, -0.2) is 29.2 Å². The van der Waals surface area contributed by atoms with Gasteiger partial charge in [0.25, 0.3) is 10.0 Å². The number of hydrogen-bond acceptors (Lipinski definition) is 5. The lowest BCUT2D eigenvalue weighted by Crippen LogP contribution is -2.30. The fraction of sp³-hybridized carbons (Fsp3) is 0.333. The molecular formula is C12H13N3O2S2. The van der Waals surface area contributed by atoms with Crippen molar-refractivity contribution in [3.05, 3.63) is 41.8 Å². The molecule has 0 N–H and O–H groups in total. The molecule has 2 aromatic rings. The summed E-state index contributed by atoms with van der Waals surface area (Å²) >= 11 is 1.25. The fourth-order valence-corrected chi connectivity index (χ4v) is 5.12. The molecule has 0 saturated carbocycles. The molecule has 1 atom stereocenters. The Morgan fingerprint density at radius 1 is 1.37 bits per heavy atom. The van der Waals surface area contributed by atoms with Gasteiger partial charge in [0.15, 0.2) is 0 Å². The first kappa shape index (κ1) is 12.7. The molecule has 1 saturated heterocycles. The van der Waals surface area contributed by atoms with Gasteiger partial charge in [-0.1, -0.05) is 6.07 Å². The van der Waals surface area contributed by atoms with E-state index in [9.17, 15) is 8.42 Å². The maximum absolute atomic E-state index is 12.6. The average molecular weight is 295 g/mol. The number of sulfonamides is 1. The molecule has 0 radical (unpaired) electrons. The number of thiophene rings is 1. The first-order valence-electron chi connectivity index (χ1n) is 6.01. The van der Waals surface area contributed by atoms with Crippen LogP contribution in [0.15, 0.2) is 40.3 Å². The quantitative estimate of drug-likeness (QED) is 0.869. The molecule has 0 aromatic carbocycles. The van der Waals surface area contributed by atoms with Gasteiger partial charge in [-0.05, 0) is 24.3 Å². The van der Waals surface area contributed by atoms with Gasteiger partial charge in [0.1, 0.15) is 4.21 Å². The van der Waals surface area contributed by atoms with E-state index in [1.54, 1.807) is 40.4 Å². The minimum absolute atomic E-state index is 0.194. The fourth-order valence-electron chi connectivity index (χ4n) is 2.33. The normalized spacial score (nSPS) is 20.7. The molecule has 0 amide bonds. The van der Waals surface area contributed by atoms with Gasteiger partial charge in [-0.25, -0.2) is 8.42 Å². The summed E-state index contributed by atoms with van der Waals surface area (Å²) in [6, 6.07) is 3.21. The van der Waals surface area contributed by atoms with Gasteiger partial charge in [-0.15, -0.1) is 11.3 Å². The standard InChI is InChI=1S/C12H13N3O2S2/c16-19(17,12-4-2-8-18-12)15-7-1-3-11(15)10-9-13-5-6-14-10/h2,4-6,8-9,11H,1,3,7H2/t11-/m0/s1. The summed E-state index contributed by atoms with van der Waals surface area (Å²) in [6.45, 7) is 0.543. The van der Waals surface area contributed by atoms with Gasteiger partial charge in [0, 0.05) is 18.9 Å². The van der Waals surface area contributed by atoms with E-state index < -0.39 is 10.0 Å². The summed E-state index contributed by atoms with van der Waals surface area (Å²) in [6.07, 6.45) is 6.49. The van der Waals surface area contributed by atoms with E-state index in [4.69, 9.17) is 0 Å². The zero-order valence-corrected chi connectivity index (χ0v) is 11.8. The van der Waals surface area contributed by atoms with Gasteiger partial charge in [-0.3, -0.25) is 9.97 Å². The van der Waals surface area contributed by atoms with E-state index in [1.807, 2.05) is 0 Å². The first-order valence-corrected chi connectivity index (χ1v) is 8.33. The number of nitrogens with zero attached hydrogens (tertiary/aromatic N) is 3. The second-order valence-electron chi connectivity index (χ2n) is 4.34. The molecule has 5 nitrogen and oxygen atoms in total. The third kappa shape index (κ3) is 2.29. The van der Waals surface area contributed by atoms with Crippen LogP contribution in [0.4, 0.5) is 0 Å². The molecule has 3 heterocycles. The van der Waals surface area contributed by atoms with E-state index in [2.05, 4.69) is 9.97 Å². The van der Waals surface area contributed by atoms with Gasteiger partial charge in [-0.2, -0.15) is 4.31 Å². The summed E-state index contributed by atoms with van der Waals surface area (Å²) < 4.78 is 27.1. The minimum atomic E-state index is -3.41. The molecule has 1 aliphatic heterocycles. The van der Waals surface area contributed by atoms with Crippen molar-refractivity contribution in [1.29, 1.82) is 0 Å². The summed E-state index contributed by atoms with van der Waals surface area (Å²) in [4.78, 5) is 8.27. The van der Waals surface area contributed by atoms with Crippen molar-refractivity contribution in [1.82, 2.24) is 14.3 Å². The van der Waals surface area contributed by atoms with Crippen LogP contribution in [0.5, 0.6) is 0 Å². The van der Waals surface area contributed by atoms with Gasteiger partial charge < -0.3 is 0 Å². The van der Waals surface area contributed by atoms with Crippen molar-refractivity contribution in [2.45, 2.75) is 23.1 Å². The highest BCUT2D eigenvalue weighted by molar-refractivity contribution is 7.91. The van der Waals surface area contributed by atoms with Crippen molar-refractivity contribution in [3.63, 3.8) is 0 Å². The molecule has 0 bridgehead atoms. The van der Waals surface area contributed by atoms with E-state index in [0.717, 1.165) is 18.5 Å². The Hall–Kier alpha value is -1.31. The number of rotatable bonds is 3. The zero-order chi connectivity index (χ0) is 13.3. The maximum Gasteiger partial charge on any atom is 0.253 e. The van der Waals surface area contributed by atoms with Crippen molar-refractivity contribution in [2.75, 3.05) is 6.54 Å².